The van der Waals surface area contributed by atoms with Gasteiger partial charge in [-0.05, 0) is 29.5 Å². The minimum absolute atomic E-state index is 0.375. The zero-order valence-corrected chi connectivity index (χ0v) is 9.52. The van der Waals surface area contributed by atoms with Crippen molar-refractivity contribution in [2.75, 3.05) is 6.54 Å². The van der Waals surface area contributed by atoms with Gasteiger partial charge in [-0.15, -0.1) is 0 Å². The van der Waals surface area contributed by atoms with Gasteiger partial charge in [-0.2, -0.15) is 0 Å². The van der Waals surface area contributed by atoms with Crippen LogP contribution in [0.15, 0.2) is 18.3 Å². The van der Waals surface area contributed by atoms with Crippen LogP contribution in [-0.2, 0) is 0 Å². The number of nitrogens with zero attached hydrogens (tertiary/aromatic N) is 1. The van der Waals surface area contributed by atoms with Gasteiger partial charge in [0.2, 0.25) is 0 Å². The second-order valence-corrected chi connectivity index (χ2v) is 4.85. The van der Waals surface area contributed by atoms with E-state index in [1.54, 1.807) is 6.20 Å². The average molecular weight is 241 g/mol. The van der Waals surface area contributed by atoms with Crippen molar-refractivity contribution in [3.05, 3.63) is 34.1 Å². The summed E-state index contributed by atoms with van der Waals surface area (Å²) < 4.78 is 0. The number of aromatic nitrogens is 1. The van der Waals surface area contributed by atoms with Crippen molar-refractivity contribution in [2.45, 2.75) is 12.5 Å². The number of hydrogen-bond donors (Lipinski definition) is 1. The summed E-state index contributed by atoms with van der Waals surface area (Å²) in [4.78, 5) is 4.07. The molecule has 0 saturated carbocycles. The van der Waals surface area contributed by atoms with E-state index < -0.39 is 0 Å². The molecule has 0 bridgehead atoms. The number of fused-ring (bicyclic) bond motifs is 1. The maximum atomic E-state index is 5.94. The Hall–Kier alpha value is -0.570. The molecule has 0 unspecified atom stereocenters. The lowest BCUT2D eigenvalue weighted by atomic mass is 9.94. The van der Waals surface area contributed by atoms with Crippen molar-refractivity contribution >= 4 is 28.8 Å². The molecule has 1 aliphatic heterocycles. The Kier molecular flexibility index (Phi) is 2.23. The molecule has 0 radical (unpaired) electrons. The first-order chi connectivity index (χ1) is 7.24. The van der Waals surface area contributed by atoms with Crippen LogP contribution in [-0.4, -0.2) is 17.6 Å². The summed E-state index contributed by atoms with van der Waals surface area (Å²) in [5.74, 6) is 0.773. The van der Waals surface area contributed by atoms with Gasteiger partial charge in [-0.1, -0.05) is 29.3 Å². The minimum Gasteiger partial charge on any atom is -0.310 e. The molecule has 0 amide bonds. The van der Waals surface area contributed by atoms with Crippen LogP contribution in [0.5, 0.6) is 0 Å². The van der Waals surface area contributed by atoms with Crippen LogP contribution in [0, 0.1) is 5.92 Å². The van der Waals surface area contributed by atoms with Gasteiger partial charge in [0.1, 0.15) is 5.15 Å². The molecule has 78 valence electrons. The summed E-state index contributed by atoms with van der Waals surface area (Å²) in [6.07, 6.45) is 5.19. The Morgan fingerprint density at radius 3 is 2.80 bits per heavy atom. The molecule has 1 aliphatic carbocycles. The van der Waals surface area contributed by atoms with Gasteiger partial charge in [-0.25, -0.2) is 4.98 Å². The lowest BCUT2D eigenvalue weighted by Gasteiger charge is -2.31. The smallest absolute Gasteiger partial charge is 0.147 e. The number of pyridine rings is 1. The van der Waals surface area contributed by atoms with E-state index in [1.165, 1.54) is 5.57 Å². The number of halogens is 2. The van der Waals surface area contributed by atoms with E-state index >= 15 is 0 Å². The Balaban J connectivity index is 1.93. The lowest BCUT2D eigenvalue weighted by Crippen LogP contribution is -2.49. The highest BCUT2D eigenvalue weighted by atomic mass is 35.5. The summed E-state index contributed by atoms with van der Waals surface area (Å²) in [6.45, 7) is 1.12. The van der Waals surface area contributed by atoms with Crippen molar-refractivity contribution in [1.82, 2.24) is 10.3 Å². The standard InChI is InChI=1S/C11H10Cl2N2/c12-9-2-7(4-15-11(9)13)6-1-8-5-14-10(8)3-6/h2-4,8,10,14H,1,5H2/t8-,10-/m0/s1. The third-order valence-corrected chi connectivity index (χ3v) is 3.84. The first kappa shape index (κ1) is 9.64. The highest BCUT2D eigenvalue weighted by Crippen LogP contribution is 2.37. The fourth-order valence-corrected chi connectivity index (χ4v) is 2.46. The third kappa shape index (κ3) is 1.57. The summed E-state index contributed by atoms with van der Waals surface area (Å²) >= 11 is 11.7. The Morgan fingerprint density at radius 2 is 2.27 bits per heavy atom. The van der Waals surface area contributed by atoms with Gasteiger partial charge in [0, 0.05) is 18.8 Å². The Labute approximate surface area is 98.3 Å². The van der Waals surface area contributed by atoms with Crippen LogP contribution in [0.2, 0.25) is 10.2 Å². The van der Waals surface area contributed by atoms with Crippen LogP contribution in [0.25, 0.3) is 5.57 Å². The van der Waals surface area contributed by atoms with Crippen LogP contribution < -0.4 is 5.32 Å². The van der Waals surface area contributed by atoms with E-state index in [0.717, 1.165) is 24.4 Å². The van der Waals surface area contributed by atoms with E-state index in [2.05, 4.69) is 16.4 Å². The molecule has 1 fully saturated rings. The van der Waals surface area contributed by atoms with E-state index in [1.807, 2.05) is 6.07 Å². The van der Waals surface area contributed by atoms with E-state index in [4.69, 9.17) is 23.2 Å². The third-order valence-electron chi connectivity index (χ3n) is 3.15. The predicted octanol–water partition coefficient (Wildman–Crippen LogP) is 2.76. The molecule has 2 heterocycles. The Morgan fingerprint density at radius 1 is 1.40 bits per heavy atom. The van der Waals surface area contributed by atoms with Crippen LogP contribution in [0.3, 0.4) is 0 Å². The molecule has 1 aromatic heterocycles. The molecular weight excluding hydrogens is 231 g/mol. The fraction of sp³-hybridized carbons (Fsp3) is 0.364. The van der Waals surface area contributed by atoms with Gasteiger partial charge in [0.15, 0.2) is 0 Å². The summed E-state index contributed by atoms with van der Waals surface area (Å²) in [6, 6.07) is 2.46. The highest BCUT2D eigenvalue weighted by molar-refractivity contribution is 6.41. The largest absolute Gasteiger partial charge is 0.310 e. The first-order valence-electron chi connectivity index (χ1n) is 4.99. The van der Waals surface area contributed by atoms with Gasteiger partial charge in [0.25, 0.3) is 0 Å². The number of rotatable bonds is 1. The zero-order chi connectivity index (χ0) is 10.4. The van der Waals surface area contributed by atoms with E-state index in [0.29, 0.717) is 16.2 Å². The average Bonchev–Trinajstić information content (AvgIpc) is 2.48. The SMILES string of the molecule is Clc1cc(C2=C[C@@H]3NC[C@@H]3C2)cnc1Cl. The molecule has 2 atom stereocenters. The molecule has 0 aromatic carbocycles. The van der Waals surface area contributed by atoms with Gasteiger partial charge in [-0.3, -0.25) is 0 Å². The molecule has 15 heavy (non-hydrogen) atoms. The second kappa shape index (κ2) is 3.48. The van der Waals surface area contributed by atoms with Gasteiger partial charge >= 0.3 is 0 Å². The molecule has 1 aromatic rings. The molecule has 1 saturated heterocycles. The molecule has 2 nitrogen and oxygen atoms in total. The van der Waals surface area contributed by atoms with Crippen molar-refractivity contribution in [1.29, 1.82) is 0 Å². The number of allylic oxidation sites excluding steroid dienone is 1. The normalized spacial score (nSPS) is 28.3. The lowest BCUT2D eigenvalue weighted by molar-refractivity contribution is 0.301. The maximum absolute atomic E-state index is 5.94. The highest BCUT2D eigenvalue weighted by Gasteiger charge is 2.34. The number of hydrogen-bond acceptors (Lipinski definition) is 2. The number of nitrogens with one attached hydrogen (secondary N) is 1. The quantitative estimate of drug-likeness (QED) is 0.764. The molecule has 2 aliphatic rings. The van der Waals surface area contributed by atoms with Crippen LogP contribution in [0.1, 0.15) is 12.0 Å². The van der Waals surface area contributed by atoms with Crippen molar-refractivity contribution < 1.29 is 0 Å². The summed E-state index contributed by atoms with van der Waals surface area (Å²) in [5.41, 5.74) is 2.43. The van der Waals surface area contributed by atoms with Gasteiger partial charge in [0.05, 0.1) is 5.02 Å². The maximum Gasteiger partial charge on any atom is 0.147 e. The first-order valence-corrected chi connectivity index (χ1v) is 5.75. The molecule has 4 heteroatoms. The second-order valence-electron chi connectivity index (χ2n) is 4.09. The molecule has 3 rings (SSSR count). The van der Waals surface area contributed by atoms with Crippen LogP contribution >= 0.6 is 23.2 Å². The van der Waals surface area contributed by atoms with E-state index in [9.17, 15) is 0 Å². The van der Waals surface area contributed by atoms with Crippen molar-refractivity contribution in [3.63, 3.8) is 0 Å². The monoisotopic (exact) mass is 240 g/mol. The van der Waals surface area contributed by atoms with E-state index in [-0.39, 0.29) is 0 Å². The summed E-state index contributed by atoms with van der Waals surface area (Å²) in [7, 11) is 0. The molecule has 1 N–H and O–H groups in total. The van der Waals surface area contributed by atoms with Gasteiger partial charge < -0.3 is 5.32 Å². The van der Waals surface area contributed by atoms with Crippen molar-refractivity contribution in [3.8, 4) is 0 Å². The molecular formula is C11H10Cl2N2. The predicted molar refractivity (Wildman–Crippen MR) is 62.1 cm³/mol. The Bertz CT molecular complexity index is 442. The molecule has 0 spiro atoms. The topological polar surface area (TPSA) is 24.9 Å². The zero-order valence-electron chi connectivity index (χ0n) is 8.00. The summed E-state index contributed by atoms with van der Waals surface area (Å²) in [5, 5.41) is 4.28. The van der Waals surface area contributed by atoms with Crippen LogP contribution in [0.4, 0.5) is 0 Å². The fourth-order valence-electron chi connectivity index (χ4n) is 2.19. The minimum atomic E-state index is 0.375. The van der Waals surface area contributed by atoms with Crippen molar-refractivity contribution in [2.24, 2.45) is 5.92 Å².